The summed E-state index contributed by atoms with van der Waals surface area (Å²) in [4.78, 5) is 36.1. The van der Waals surface area contributed by atoms with Crippen molar-refractivity contribution in [3.05, 3.63) is 83.4 Å². The van der Waals surface area contributed by atoms with Crippen LogP contribution in [0.1, 0.15) is 39.1 Å². The van der Waals surface area contributed by atoms with Gasteiger partial charge in [0.1, 0.15) is 12.2 Å². The summed E-state index contributed by atoms with van der Waals surface area (Å²) in [6.45, 7) is 0. The third-order valence-corrected chi connectivity index (χ3v) is 6.17. The summed E-state index contributed by atoms with van der Waals surface area (Å²) in [6, 6.07) is 15.6. The van der Waals surface area contributed by atoms with Gasteiger partial charge in [-0.1, -0.05) is 42.5 Å². The molecule has 2 aromatic rings. The summed E-state index contributed by atoms with van der Waals surface area (Å²) < 4.78 is 15.9. The van der Waals surface area contributed by atoms with Gasteiger partial charge in [-0.3, -0.25) is 4.79 Å². The molecule has 2 aromatic carbocycles. The Hall–Kier alpha value is -3.45. The maximum Gasteiger partial charge on any atom is 0.338 e. The van der Waals surface area contributed by atoms with E-state index >= 15 is 0 Å². The highest BCUT2D eigenvalue weighted by Gasteiger charge is 2.50. The Labute approximate surface area is 192 Å². The molecule has 2 fully saturated rings. The molecule has 0 radical (unpaired) electrons. The van der Waals surface area contributed by atoms with Crippen molar-refractivity contribution in [3.8, 4) is 0 Å². The Bertz CT molecular complexity index is 1050. The molecule has 0 amide bonds. The number of esters is 3. The largest absolute Gasteiger partial charge is 0.465 e. The summed E-state index contributed by atoms with van der Waals surface area (Å²) in [6.07, 6.45) is 2.90. The lowest BCUT2D eigenvalue weighted by Gasteiger charge is -2.20. The second-order valence-electron chi connectivity index (χ2n) is 8.37. The molecule has 0 aromatic heterocycles. The zero-order chi connectivity index (χ0) is 23.4. The van der Waals surface area contributed by atoms with Gasteiger partial charge in [0.05, 0.1) is 30.8 Å². The van der Waals surface area contributed by atoms with Crippen molar-refractivity contribution >= 4 is 17.9 Å². The van der Waals surface area contributed by atoms with E-state index in [1.807, 2.05) is 18.2 Å². The van der Waals surface area contributed by atoms with Crippen LogP contribution in [0.5, 0.6) is 0 Å². The molecule has 172 valence electrons. The normalized spacial score (nSPS) is 24.8. The smallest absolute Gasteiger partial charge is 0.338 e. The number of fused-ring (bicyclic) bond motifs is 1. The highest BCUT2D eigenvalue weighted by Crippen LogP contribution is 2.43. The van der Waals surface area contributed by atoms with E-state index in [0.29, 0.717) is 24.0 Å². The van der Waals surface area contributed by atoms with Gasteiger partial charge in [-0.2, -0.15) is 0 Å². The predicted molar refractivity (Wildman–Crippen MR) is 118 cm³/mol. The quantitative estimate of drug-likeness (QED) is 0.393. The van der Waals surface area contributed by atoms with Crippen molar-refractivity contribution in [2.24, 2.45) is 11.8 Å². The number of hydrogen-bond donors (Lipinski definition) is 1. The summed E-state index contributed by atoms with van der Waals surface area (Å²) in [5, 5.41) is 10.6. The van der Waals surface area contributed by atoms with Gasteiger partial charge in [-0.15, -0.1) is 0 Å². The van der Waals surface area contributed by atoms with E-state index in [9.17, 15) is 19.5 Å². The Morgan fingerprint density at radius 1 is 1.12 bits per heavy atom. The van der Waals surface area contributed by atoms with Gasteiger partial charge >= 0.3 is 17.9 Å². The van der Waals surface area contributed by atoms with Crippen LogP contribution in [0.15, 0.2) is 66.7 Å². The zero-order valence-corrected chi connectivity index (χ0v) is 18.3. The molecule has 1 saturated heterocycles. The first kappa shape index (κ1) is 22.7. The lowest BCUT2D eigenvalue weighted by molar-refractivity contribution is -0.141. The van der Waals surface area contributed by atoms with E-state index in [1.165, 1.54) is 7.11 Å². The molecule has 7 nitrogen and oxygen atoms in total. The fourth-order valence-corrected chi connectivity index (χ4v) is 4.58. The zero-order valence-electron chi connectivity index (χ0n) is 18.3. The number of aliphatic hydroxyl groups excluding tert-OH is 1. The van der Waals surface area contributed by atoms with Crippen molar-refractivity contribution in [2.75, 3.05) is 7.11 Å². The number of carbonyl (C=O) groups is 3. The van der Waals surface area contributed by atoms with Crippen LogP contribution in [0.25, 0.3) is 0 Å². The standard InChI is InChI=1S/C26H26O7/c1-31-25(29)18-9-5-6-16(12-18)13-19(27)10-11-20-21-14-24(28)32-23(21)15-22(20)33-26(30)17-7-3-2-4-8-17/h2-12,19-23,27H,13-15H2,1H3/b11-10+/t19-,20-,21-,22-,23+/m1/s1. The van der Waals surface area contributed by atoms with Gasteiger partial charge in [0, 0.05) is 24.7 Å². The average molecular weight is 450 g/mol. The van der Waals surface area contributed by atoms with Gasteiger partial charge in [0.2, 0.25) is 0 Å². The summed E-state index contributed by atoms with van der Waals surface area (Å²) in [5.74, 6) is -1.46. The molecule has 1 saturated carbocycles. The molecular formula is C26H26O7. The lowest BCUT2D eigenvalue weighted by Crippen LogP contribution is -2.25. The second-order valence-corrected chi connectivity index (χ2v) is 8.37. The lowest BCUT2D eigenvalue weighted by atomic mass is 9.91. The highest BCUT2D eigenvalue weighted by molar-refractivity contribution is 5.90. The molecule has 33 heavy (non-hydrogen) atoms. The predicted octanol–water partition coefficient (Wildman–Crippen LogP) is 3.11. The molecule has 0 spiro atoms. The fourth-order valence-electron chi connectivity index (χ4n) is 4.58. The molecule has 7 heteroatoms. The Morgan fingerprint density at radius 2 is 1.88 bits per heavy atom. The SMILES string of the molecule is COC(=O)c1cccc(C[C@H](O)/C=C/[C@@H]2[C@H]3CC(=O)O[C@H]3C[C@H]2OC(=O)c2ccccc2)c1. The Balaban J connectivity index is 1.45. The average Bonchev–Trinajstić information content (AvgIpc) is 3.33. The van der Waals surface area contributed by atoms with E-state index < -0.39 is 24.1 Å². The topological polar surface area (TPSA) is 99.1 Å². The van der Waals surface area contributed by atoms with Crippen molar-refractivity contribution in [1.29, 1.82) is 0 Å². The molecule has 1 aliphatic heterocycles. The van der Waals surface area contributed by atoms with E-state index in [2.05, 4.69) is 0 Å². The third-order valence-electron chi connectivity index (χ3n) is 6.17. The maximum atomic E-state index is 12.6. The van der Waals surface area contributed by atoms with Crippen molar-refractivity contribution in [1.82, 2.24) is 0 Å². The van der Waals surface area contributed by atoms with Crippen LogP contribution in [0.3, 0.4) is 0 Å². The minimum absolute atomic E-state index is 0.0998. The van der Waals surface area contributed by atoms with Gasteiger partial charge in [0.25, 0.3) is 0 Å². The number of rotatable bonds is 7. The van der Waals surface area contributed by atoms with E-state index in [1.54, 1.807) is 48.5 Å². The van der Waals surface area contributed by atoms with Crippen LogP contribution in [-0.2, 0) is 25.4 Å². The summed E-state index contributed by atoms with van der Waals surface area (Å²) in [7, 11) is 1.32. The molecule has 2 aliphatic rings. The first-order valence-corrected chi connectivity index (χ1v) is 10.9. The van der Waals surface area contributed by atoms with Gasteiger partial charge in [0.15, 0.2) is 0 Å². The van der Waals surface area contributed by atoms with Crippen molar-refractivity contribution in [2.45, 2.75) is 37.6 Å². The van der Waals surface area contributed by atoms with Crippen LogP contribution < -0.4 is 0 Å². The van der Waals surface area contributed by atoms with E-state index in [-0.39, 0.29) is 30.3 Å². The number of carbonyl (C=O) groups excluding carboxylic acids is 3. The van der Waals surface area contributed by atoms with Crippen molar-refractivity contribution in [3.63, 3.8) is 0 Å². The van der Waals surface area contributed by atoms with E-state index in [4.69, 9.17) is 14.2 Å². The Kier molecular flexibility index (Phi) is 6.89. The maximum absolute atomic E-state index is 12.6. The monoisotopic (exact) mass is 450 g/mol. The summed E-state index contributed by atoms with van der Waals surface area (Å²) >= 11 is 0. The molecule has 0 bridgehead atoms. The van der Waals surface area contributed by atoms with E-state index in [0.717, 1.165) is 5.56 Å². The number of methoxy groups -OCH3 is 1. The van der Waals surface area contributed by atoms with Gasteiger partial charge in [-0.05, 0) is 29.8 Å². The fraction of sp³-hybridized carbons (Fsp3) is 0.346. The van der Waals surface area contributed by atoms with Crippen LogP contribution in [-0.4, -0.2) is 48.4 Å². The van der Waals surface area contributed by atoms with Crippen LogP contribution in [0.2, 0.25) is 0 Å². The van der Waals surface area contributed by atoms with Crippen LogP contribution in [0, 0.1) is 11.8 Å². The van der Waals surface area contributed by atoms with Crippen molar-refractivity contribution < 1.29 is 33.7 Å². The summed E-state index contributed by atoms with van der Waals surface area (Å²) in [5.41, 5.74) is 1.66. The van der Waals surface area contributed by atoms with Gasteiger partial charge < -0.3 is 19.3 Å². The Morgan fingerprint density at radius 3 is 2.64 bits per heavy atom. The minimum atomic E-state index is -0.819. The second kappa shape index (κ2) is 10.0. The van der Waals surface area contributed by atoms with Gasteiger partial charge in [-0.25, -0.2) is 9.59 Å². The first-order chi connectivity index (χ1) is 15.9. The molecule has 5 atom stereocenters. The molecule has 4 rings (SSSR count). The first-order valence-electron chi connectivity index (χ1n) is 10.9. The molecular weight excluding hydrogens is 424 g/mol. The molecule has 1 aliphatic carbocycles. The molecule has 0 unspecified atom stereocenters. The number of ether oxygens (including phenoxy) is 3. The third kappa shape index (κ3) is 5.31. The molecule has 1 heterocycles. The number of benzene rings is 2. The minimum Gasteiger partial charge on any atom is -0.465 e. The number of aliphatic hydroxyl groups is 1. The van der Waals surface area contributed by atoms with Crippen LogP contribution in [0.4, 0.5) is 0 Å². The number of hydrogen-bond acceptors (Lipinski definition) is 7. The molecule has 1 N–H and O–H groups in total. The van der Waals surface area contributed by atoms with Crippen LogP contribution >= 0.6 is 0 Å². The highest BCUT2D eigenvalue weighted by atomic mass is 16.6.